The van der Waals surface area contributed by atoms with Crippen molar-refractivity contribution >= 4 is 85.5 Å². The minimum atomic E-state index is -1.18. The number of nitrogens with one attached hydrogen (secondary N) is 3. The fourth-order valence-corrected chi connectivity index (χ4v) is 3.53. The molecule has 0 radical (unpaired) electrons. The number of alkyl halides is 3. The molecule has 33 heavy (non-hydrogen) atoms. The standard InChI is InChI=1S/C21H17BrCl3F2N3O3/c1-20(2,22)19(33)30-16-13(26)5-6-14(15(16)27)29-17(31)10-7-9(3-4-12(10)23)28-18(32)11-8-21(11,24)25/h3-7,11H,8H2,1-2H3,(H,28,32)(H,29,31)(H,30,33). The summed E-state index contributed by atoms with van der Waals surface area (Å²) < 4.78 is 26.8. The lowest BCUT2D eigenvalue weighted by Gasteiger charge is -2.18. The summed E-state index contributed by atoms with van der Waals surface area (Å²) in [4.78, 5) is 37.0. The van der Waals surface area contributed by atoms with Gasteiger partial charge in [-0.05, 0) is 50.6 Å². The lowest BCUT2D eigenvalue weighted by atomic mass is 10.1. The minimum Gasteiger partial charge on any atom is -0.326 e. The summed E-state index contributed by atoms with van der Waals surface area (Å²) in [5.74, 6) is -4.72. The molecule has 1 unspecified atom stereocenters. The van der Waals surface area contributed by atoms with Crippen LogP contribution in [0.15, 0.2) is 30.3 Å². The summed E-state index contributed by atoms with van der Waals surface area (Å²) in [6.45, 7) is 3.00. The number of carbonyl (C=O) groups is 3. The summed E-state index contributed by atoms with van der Waals surface area (Å²) in [5, 5.41) is 7.06. The molecule has 2 aromatic carbocycles. The van der Waals surface area contributed by atoms with E-state index in [0.29, 0.717) is 6.42 Å². The third kappa shape index (κ3) is 5.95. The smallest absolute Gasteiger partial charge is 0.257 e. The third-order valence-electron chi connectivity index (χ3n) is 4.74. The van der Waals surface area contributed by atoms with Crippen LogP contribution in [0.5, 0.6) is 0 Å². The Morgan fingerprint density at radius 2 is 1.73 bits per heavy atom. The molecule has 6 nitrogen and oxygen atoms in total. The van der Waals surface area contributed by atoms with Gasteiger partial charge >= 0.3 is 0 Å². The van der Waals surface area contributed by atoms with Gasteiger partial charge in [0.2, 0.25) is 11.8 Å². The molecule has 0 bridgehead atoms. The molecule has 12 heteroatoms. The van der Waals surface area contributed by atoms with E-state index in [4.69, 9.17) is 34.8 Å². The molecular weight excluding hydrogens is 567 g/mol. The van der Waals surface area contributed by atoms with E-state index in [9.17, 15) is 23.2 Å². The second kappa shape index (κ2) is 9.37. The van der Waals surface area contributed by atoms with Crippen molar-refractivity contribution in [3.05, 3.63) is 52.6 Å². The first-order chi connectivity index (χ1) is 15.2. The van der Waals surface area contributed by atoms with Crippen LogP contribution in [0.25, 0.3) is 0 Å². The van der Waals surface area contributed by atoms with Gasteiger partial charge in [-0.15, -0.1) is 23.2 Å². The van der Waals surface area contributed by atoms with Crippen molar-refractivity contribution in [3.63, 3.8) is 0 Å². The van der Waals surface area contributed by atoms with E-state index in [1.165, 1.54) is 32.0 Å². The zero-order chi connectivity index (χ0) is 24.7. The Morgan fingerprint density at radius 3 is 2.30 bits per heavy atom. The number of amides is 3. The molecule has 0 aliphatic heterocycles. The molecule has 1 atom stereocenters. The molecule has 2 aromatic rings. The van der Waals surface area contributed by atoms with Crippen molar-refractivity contribution in [2.75, 3.05) is 16.0 Å². The topological polar surface area (TPSA) is 87.3 Å². The predicted octanol–water partition coefficient (Wildman–Crippen LogP) is 6.11. The first-order valence-corrected chi connectivity index (χ1v) is 11.4. The molecule has 1 aliphatic rings. The second-order valence-electron chi connectivity index (χ2n) is 7.87. The van der Waals surface area contributed by atoms with Gasteiger partial charge in [-0.2, -0.15) is 0 Å². The highest BCUT2D eigenvalue weighted by Gasteiger charge is 2.56. The van der Waals surface area contributed by atoms with Crippen LogP contribution in [0.4, 0.5) is 25.8 Å². The Balaban J connectivity index is 1.80. The van der Waals surface area contributed by atoms with Crippen LogP contribution in [-0.2, 0) is 9.59 Å². The average Bonchev–Trinajstić information content (AvgIpc) is 3.36. The van der Waals surface area contributed by atoms with Gasteiger partial charge in [-0.1, -0.05) is 27.5 Å². The van der Waals surface area contributed by atoms with Crippen LogP contribution in [0, 0.1) is 17.6 Å². The number of anilines is 3. The van der Waals surface area contributed by atoms with Crippen LogP contribution in [0.1, 0.15) is 30.6 Å². The maximum atomic E-state index is 14.9. The van der Waals surface area contributed by atoms with Crippen molar-refractivity contribution in [1.82, 2.24) is 0 Å². The zero-order valence-corrected chi connectivity index (χ0v) is 21.0. The molecule has 3 rings (SSSR count). The average molecular weight is 584 g/mol. The molecule has 0 aromatic heterocycles. The number of halogens is 6. The van der Waals surface area contributed by atoms with E-state index in [0.717, 1.165) is 12.1 Å². The highest BCUT2D eigenvalue weighted by molar-refractivity contribution is 9.10. The maximum Gasteiger partial charge on any atom is 0.257 e. The fourth-order valence-electron chi connectivity index (χ4n) is 2.72. The molecule has 3 amide bonds. The SMILES string of the molecule is CC(C)(Br)C(=O)Nc1c(F)ccc(NC(=O)c2cc(NC(=O)C3CC3(Cl)Cl)ccc2Cl)c1F. The summed E-state index contributed by atoms with van der Waals surface area (Å²) in [7, 11) is 0. The third-order valence-corrected chi connectivity index (χ3v) is 6.26. The summed E-state index contributed by atoms with van der Waals surface area (Å²) in [6, 6.07) is 6.04. The van der Waals surface area contributed by atoms with Crippen LogP contribution >= 0.6 is 50.7 Å². The van der Waals surface area contributed by atoms with E-state index in [1.807, 2.05) is 0 Å². The fraction of sp³-hybridized carbons (Fsp3) is 0.286. The maximum absolute atomic E-state index is 14.9. The van der Waals surface area contributed by atoms with Gasteiger partial charge < -0.3 is 16.0 Å². The molecule has 1 saturated carbocycles. The Kier molecular flexibility index (Phi) is 7.29. The monoisotopic (exact) mass is 581 g/mol. The van der Waals surface area contributed by atoms with Gasteiger partial charge in [0.1, 0.15) is 15.8 Å². The molecule has 0 heterocycles. The van der Waals surface area contributed by atoms with Gasteiger partial charge in [-0.25, -0.2) is 8.78 Å². The number of hydrogen-bond acceptors (Lipinski definition) is 3. The molecule has 176 valence electrons. The lowest BCUT2D eigenvalue weighted by molar-refractivity contribution is -0.118. The molecule has 0 saturated heterocycles. The van der Waals surface area contributed by atoms with Gasteiger partial charge in [0.05, 0.1) is 26.5 Å². The first kappa shape index (κ1) is 25.7. The minimum absolute atomic E-state index is 0.0260. The van der Waals surface area contributed by atoms with Crippen molar-refractivity contribution in [2.45, 2.75) is 28.9 Å². The summed E-state index contributed by atoms with van der Waals surface area (Å²) in [5.41, 5.74) is -0.934. The number of benzene rings is 2. The second-order valence-corrected chi connectivity index (χ2v) is 11.8. The molecule has 1 fully saturated rings. The predicted molar refractivity (Wildman–Crippen MR) is 129 cm³/mol. The zero-order valence-electron chi connectivity index (χ0n) is 17.2. The van der Waals surface area contributed by atoms with Crippen LogP contribution in [0.3, 0.4) is 0 Å². The lowest BCUT2D eigenvalue weighted by Crippen LogP contribution is -2.31. The van der Waals surface area contributed by atoms with E-state index in [-0.39, 0.29) is 22.0 Å². The Hall–Kier alpha value is -1.94. The van der Waals surface area contributed by atoms with E-state index >= 15 is 0 Å². The van der Waals surface area contributed by atoms with Gasteiger partial charge in [0.25, 0.3) is 5.91 Å². The Morgan fingerprint density at radius 1 is 1.09 bits per heavy atom. The van der Waals surface area contributed by atoms with E-state index < -0.39 is 49.6 Å². The highest BCUT2D eigenvalue weighted by Crippen LogP contribution is 2.53. The van der Waals surface area contributed by atoms with Gasteiger partial charge in [-0.3, -0.25) is 14.4 Å². The molecule has 1 aliphatic carbocycles. The van der Waals surface area contributed by atoms with Gasteiger partial charge in [0.15, 0.2) is 5.82 Å². The number of hydrogen-bond donors (Lipinski definition) is 3. The molecule has 3 N–H and O–H groups in total. The van der Waals surface area contributed by atoms with Crippen LogP contribution < -0.4 is 16.0 Å². The summed E-state index contributed by atoms with van der Waals surface area (Å²) in [6.07, 6.45) is 0.303. The number of carbonyl (C=O) groups excluding carboxylic acids is 3. The normalized spacial score (nSPS) is 16.7. The first-order valence-electron chi connectivity index (χ1n) is 9.48. The summed E-state index contributed by atoms with van der Waals surface area (Å²) >= 11 is 21.0. The molecular formula is C21H17BrCl3F2N3O3. The van der Waals surface area contributed by atoms with E-state index in [1.54, 1.807) is 0 Å². The van der Waals surface area contributed by atoms with Crippen molar-refractivity contribution in [1.29, 1.82) is 0 Å². The van der Waals surface area contributed by atoms with E-state index in [2.05, 4.69) is 31.9 Å². The molecule has 0 spiro atoms. The largest absolute Gasteiger partial charge is 0.326 e. The Bertz CT molecular complexity index is 1160. The van der Waals surface area contributed by atoms with Crippen LogP contribution in [0.2, 0.25) is 5.02 Å². The Labute approximate surface area is 211 Å². The highest BCUT2D eigenvalue weighted by atomic mass is 79.9. The van der Waals surface area contributed by atoms with Gasteiger partial charge in [0, 0.05) is 5.69 Å². The van der Waals surface area contributed by atoms with Crippen molar-refractivity contribution in [2.24, 2.45) is 5.92 Å². The number of rotatable bonds is 6. The quantitative estimate of drug-likeness (QED) is 0.359. The van der Waals surface area contributed by atoms with Crippen molar-refractivity contribution in [3.8, 4) is 0 Å². The van der Waals surface area contributed by atoms with Crippen molar-refractivity contribution < 1.29 is 23.2 Å². The van der Waals surface area contributed by atoms with Crippen LogP contribution in [-0.4, -0.2) is 26.4 Å².